The summed E-state index contributed by atoms with van der Waals surface area (Å²) in [5.74, 6) is 0. The average molecular weight is 150 g/mol. The maximum Gasteiger partial charge on any atom is 0.0401 e. The highest BCUT2D eigenvalue weighted by molar-refractivity contribution is 5.45. The normalized spacial score (nSPS) is 11.1. The molecule has 0 fully saturated rings. The Kier molecular flexibility index (Phi) is 2.93. The fraction of sp³-hybridized carbons (Fsp3) is 0.333. The zero-order valence-corrected chi connectivity index (χ0v) is 7.04. The molecule has 1 aromatic rings. The third-order valence-corrected chi connectivity index (χ3v) is 1.59. The number of hydrogen-bond acceptors (Lipinski definition) is 1. The predicted octanol–water partition coefficient (Wildman–Crippen LogP) is 1.26. The number of hydrogen-bond donors (Lipinski definition) is 1. The van der Waals surface area contributed by atoms with E-state index in [1.54, 1.807) is 0 Å². The van der Waals surface area contributed by atoms with Crippen LogP contribution in [-0.2, 0) is 7.05 Å². The topological polar surface area (TPSA) is 17.0 Å². The molecule has 1 heterocycles. The van der Waals surface area contributed by atoms with Crippen LogP contribution in [0.25, 0.3) is 6.08 Å². The van der Waals surface area contributed by atoms with E-state index in [1.165, 1.54) is 5.69 Å². The van der Waals surface area contributed by atoms with Crippen LogP contribution in [0.4, 0.5) is 0 Å². The average Bonchev–Trinajstić information content (AvgIpc) is 2.37. The molecule has 0 bridgehead atoms. The van der Waals surface area contributed by atoms with E-state index in [0.29, 0.717) is 0 Å². The summed E-state index contributed by atoms with van der Waals surface area (Å²) in [7, 11) is 3.98. The smallest absolute Gasteiger partial charge is 0.0401 e. The third kappa shape index (κ3) is 2.24. The van der Waals surface area contributed by atoms with Gasteiger partial charge in [-0.05, 0) is 25.3 Å². The lowest BCUT2D eigenvalue weighted by molar-refractivity contribution is 0.905. The first-order valence-electron chi connectivity index (χ1n) is 3.77. The molecule has 0 aliphatic heterocycles. The van der Waals surface area contributed by atoms with Gasteiger partial charge in [0.2, 0.25) is 0 Å². The van der Waals surface area contributed by atoms with Gasteiger partial charge in [0.1, 0.15) is 0 Å². The van der Waals surface area contributed by atoms with E-state index in [2.05, 4.69) is 28.1 Å². The van der Waals surface area contributed by atoms with Crippen LogP contribution in [-0.4, -0.2) is 18.2 Å². The number of nitrogens with one attached hydrogen (secondary N) is 1. The first-order chi connectivity index (χ1) is 5.34. The number of aryl methyl sites for hydroxylation is 1. The Bertz CT molecular complexity index is 235. The fourth-order valence-electron chi connectivity index (χ4n) is 0.945. The lowest BCUT2D eigenvalue weighted by atomic mass is 10.4. The fourth-order valence-corrected chi connectivity index (χ4v) is 0.945. The molecule has 0 aliphatic carbocycles. The summed E-state index contributed by atoms with van der Waals surface area (Å²) in [5, 5.41) is 3.05. The molecule has 0 aliphatic rings. The van der Waals surface area contributed by atoms with Crippen LogP contribution in [0.1, 0.15) is 5.69 Å². The summed E-state index contributed by atoms with van der Waals surface area (Å²) >= 11 is 0. The van der Waals surface area contributed by atoms with Gasteiger partial charge in [-0.3, -0.25) is 0 Å². The van der Waals surface area contributed by atoms with Gasteiger partial charge in [-0.2, -0.15) is 0 Å². The molecule has 11 heavy (non-hydrogen) atoms. The van der Waals surface area contributed by atoms with E-state index in [4.69, 9.17) is 0 Å². The second kappa shape index (κ2) is 3.98. The number of aromatic nitrogens is 1. The van der Waals surface area contributed by atoms with E-state index >= 15 is 0 Å². The number of rotatable bonds is 3. The lowest BCUT2D eigenvalue weighted by Gasteiger charge is -1.94. The second-order valence-corrected chi connectivity index (χ2v) is 2.50. The predicted molar refractivity (Wildman–Crippen MR) is 48.4 cm³/mol. The largest absolute Gasteiger partial charge is 0.351 e. The van der Waals surface area contributed by atoms with Crippen molar-refractivity contribution in [3.63, 3.8) is 0 Å². The molecule has 2 heteroatoms. The highest BCUT2D eigenvalue weighted by Crippen LogP contribution is 2.00. The molecule has 0 aromatic carbocycles. The Morgan fingerprint density at radius 1 is 1.64 bits per heavy atom. The molecule has 2 nitrogen and oxygen atoms in total. The monoisotopic (exact) mass is 150 g/mol. The molecule has 1 N–H and O–H groups in total. The highest BCUT2D eigenvalue weighted by atomic mass is 14.9. The minimum atomic E-state index is 0.922. The molecule has 0 radical (unpaired) electrons. The summed E-state index contributed by atoms with van der Waals surface area (Å²) in [6.07, 6.45) is 6.25. The van der Waals surface area contributed by atoms with Crippen molar-refractivity contribution in [2.24, 2.45) is 7.05 Å². The molecule has 0 unspecified atom stereocenters. The zero-order valence-electron chi connectivity index (χ0n) is 7.04. The Morgan fingerprint density at radius 3 is 3.00 bits per heavy atom. The molecular formula is C9H14N2. The van der Waals surface area contributed by atoms with Crippen LogP contribution in [0.3, 0.4) is 0 Å². The van der Waals surface area contributed by atoms with Crippen LogP contribution in [0.15, 0.2) is 24.4 Å². The van der Waals surface area contributed by atoms with Crippen LogP contribution in [0, 0.1) is 0 Å². The highest BCUT2D eigenvalue weighted by Gasteiger charge is 1.87. The third-order valence-electron chi connectivity index (χ3n) is 1.59. The molecule has 0 spiro atoms. The maximum absolute atomic E-state index is 3.05. The van der Waals surface area contributed by atoms with Crippen molar-refractivity contribution in [3.8, 4) is 0 Å². The second-order valence-electron chi connectivity index (χ2n) is 2.50. The van der Waals surface area contributed by atoms with E-state index in [9.17, 15) is 0 Å². The minimum Gasteiger partial charge on any atom is -0.351 e. The molecule has 0 atom stereocenters. The van der Waals surface area contributed by atoms with Crippen molar-refractivity contribution in [3.05, 3.63) is 30.1 Å². The van der Waals surface area contributed by atoms with Gasteiger partial charge >= 0.3 is 0 Å². The Hall–Kier alpha value is -1.02. The molecule has 0 saturated heterocycles. The summed E-state index contributed by atoms with van der Waals surface area (Å²) in [5.41, 5.74) is 1.24. The summed E-state index contributed by atoms with van der Waals surface area (Å²) in [6.45, 7) is 0.922. The number of likely N-dealkylation sites (N-methyl/N-ethyl adjacent to an activating group) is 1. The van der Waals surface area contributed by atoms with Crippen molar-refractivity contribution in [2.45, 2.75) is 0 Å². The van der Waals surface area contributed by atoms with Gasteiger partial charge in [-0.15, -0.1) is 0 Å². The molecule has 0 saturated carbocycles. The minimum absolute atomic E-state index is 0.922. The van der Waals surface area contributed by atoms with Crippen LogP contribution in [0.5, 0.6) is 0 Å². The van der Waals surface area contributed by atoms with Crippen molar-refractivity contribution >= 4 is 6.08 Å². The Balaban J connectivity index is 2.56. The van der Waals surface area contributed by atoms with E-state index in [-0.39, 0.29) is 0 Å². The quantitative estimate of drug-likeness (QED) is 0.686. The van der Waals surface area contributed by atoms with Crippen LogP contribution < -0.4 is 5.32 Å². The Labute approximate surface area is 67.5 Å². The molecule has 1 rings (SSSR count). The van der Waals surface area contributed by atoms with Gasteiger partial charge in [-0.1, -0.05) is 6.08 Å². The van der Waals surface area contributed by atoms with Gasteiger partial charge in [0.25, 0.3) is 0 Å². The van der Waals surface area contributed by atoms with E-state index in [1.807, 2.05) is 26.4 Å². The zero-order chi connectivity index (χ0) is 8.10. The Morgan fingerprint density at radius 2 is 2.45 bits per heavy atom. The molecule has 60 valence electrons. The first-order valence-corrected chi connectivity index (χ1v) is 3.77. The van der Waals surface area contributed by atoms with Gasteiger partial charge in [0, 0.05) is 25.5 Å². The number of nitrogens with zero attached hydrogens (tertiary/aromatic N) is 1. The summed E-state index contributed by atoms with van der Waals surface area (Å²) in [6, 6.07) is 4.13. The summed E-state index contributed by atoms with van der Waals surface area (Å²) < 4.78 is 2.09. The SMILES string of the molecule is CNCC=Cc1cccn1C. The standard InChI is InChI=1S/C9H14N2/c1-10-7-3-5-9-6-4-8-11(9)2/h3-6,8,10H,7H2,1-2H3. The van der Waals surface area contributed by atoms with Gasteiger partial charge < -0.3 is 9.88 Å². The van der Waals surface area contributed by atoms with Crippen molar-refractivity contribution in [2.75, 3.05) is 13.6 Å². The van der Waals surface area contributed by atoms with Crippen LogP contribution in [0.2, 0.25) is 0 Å². The van der Waals surface area contributed by atoms with Gasteiger partial charge in [0.15, 0.2) is 0 Å². The molecule has 0 amide bonds. The van der Waals surface area contributed by atoms with Crippen molar-refractivity contribution in [1.29, 1.82) is 0 Å². The van der Waals surface area contributed by atoms with Crippen LogP contribution >= 0.6 is 0 Å². The molecular weight excluding hydrogens is 136 g/mol. The maximum atomic E-state index is 3.05. The van der Waals surface area contributed by atoms with Gasteiger partial charge in [-0.25, -0.2) is 0 Å². The van der Waals surface area contributed by atoms with E-state index < -0.39 is 0 Å². The van der Waals surface area contributed by atoms with Gasteiger partial charge in [0.05, 0.1) is 0 Å². The first kappa shape index (κ1) is 8.08. The van der Waals surface area contributed by atoms with E-state index in [0.717, 1.165) is 6.54 Å². The summed E-state index contributed by atoms with van der Waals surface area (Å²) in [4.78, 5) is 0. The molecule has 1 aromatic heterocycles. The van der Waals surface area contributed by atoms with Crippen molar-refractivity contribution in [1.82, 2.24) is 9.88 Å². The lowest BCUT2D eigenvalue weighted by Crippen LogP contribution is -2.03. The van der Waals surface area contributed by atoms with Crippen molar-refractivity contribution < 1.29 is 0 Å².